The van der Waals surface area contributed by atoms with Crippen molar-refractivity contribution in [3.63, 3.8) is 0 Å². The SMILES string of the molecule is CC1(C)OC[C@@H](COc2cc(NC(=O)C3(c4cccc(C(F)(F)F)c4)N=CC4=C(N[C@H]5CCN4C5)N3)ccn2)O1. The molecule has 4 aliphatic rings. The number of fused-ring (bicyclic) bond motifs is 3. The summed E-state index contributed by atoms with van der Waals surface area (Å²) in [5, 5.41) is 9.30. The molecule has 0 saturated carbocycles. The van der Waals surface area contributed by atoms with Gasteiger partial charge in [0.2, 0.25) is 11.5 Å². The third-order valence-electron chi connectivity index (χ3n) is 7.23. The number of hydrogen-bond acceptors (Lipinski definition) is 9. The zero-order valence-corrected chi connectivity index (χ0v) is 21.9. The number of carbonyl (C=O) groups is 1. The van der Waals surface area contributed by atoms with E-state index in [4.69, 9.17) is 14.2 Å². The summed E-state index contributed by atoms with van der Waals surface area (Å²) in [6.07, 6.45) is -0.960. The van der Waals surface area contributed by atoms with Gasteiger partial charge in [-0.25, -0.2) is 9.98 Å². The number of nitrogens with zero attached hydrogens (tertiary/aromatic N) is 3. The van der Waals surface area contributed by atoms with E-state index in [1.165, 1.54) is 24.4 Å². The van der Waals surface area contributed by atoms with E-state index in [9.17, 15) is 18.0 Å². The predicted molar refractivity (Wildman–Crippen MR) is 138 cm³/mol. The maximum Gasteiger partial charge on any atom is 0.416 e. The van der Waals surface area contributed by atoms with Gasteiger partial charge in [0.05, 0.1) is 24.1 Å². The van der Waals surface area contributed by atoms with Crippen molar-refractivity contribution in [2.24, 2.45) is 4.99 Å². The van der Waals surface area contributed by atoms with Crippen LogP contribution in [0.3, 0.4) is 0 Å². The molecular formula is C27H29F3N6O4. The van der Waals surface area contributed by atoms with Gasteiger partial charge in [-0.2, -0.15) is 13.2 Å². The molecule has 0 spiro atoms. The van der Waals surface area contributed by atoms with Crippen LogP contribution in [0.1, 0.15) is 31.4 Å². The van der Waals surface area contributed by atoms with Crippen LogP contribution >= 0.6 is 0 Å². The van der Waals surface area contributed by atoms with Crippen molar-refractivity contribution in [1.29, 1.82) is 0 Å². The van der Waals surface area contributed by atoms with Gasteiger partial charge < -0.3 is 35.1 Å². The monoisotopic (exact) mass is 558 g/mol. The number of halogens is 3. The minimum atomic E-state index is -4.59. The lowest BCUT2D eigenvalue weighted by Gasteiger charge is -2.40. The Morgan fingerprint density at radius 3 is 2.90 bits per heavy atom. The highest BCUT2D eigenvalue weighted by Crippen LogP contribution is 2.36. The van der Waals surface area contributed by atoms with Crippen LogP contribution in [0.15, 0.2) is 59.1 Å². The number of carbonyl (C=O) groups excluding carboxylic acids is 1. The van der Waals surface area contributed by atoms with Crippen LogP contribution in [-0.2, 0) is 26.1 Å². The Morgan fingerprint density at radius 2 is 2.12 bits per heavy atom. The number of aliphatic imine (C=N–C) groups is 1. The fourth-order valence-electron chi connectivity index (χ4n) is 5.28. The molecule has 2 saturated heterocycles. The van der Waals surface area contributed by atoms with Gasteiger partial charge >= 0.3 is 6.18 Å². The van der Waals surface area contributed by atoms with Crippen molar-refractivity contribution in [3.8, 4) is 5.88 Å². The van der Waals surface area contributed by atoms with Crippen molar-refractivity contribution in [2.75, 3.05) is 31.6 Å². The summed E-state index contributed by atoms with van der Waals surface area (Å²) >= 11 is 0. The molecule has 2 fully saturated rings. The van der Waals surface area contributed by atoms with Crippen LogP contribution in [0.2, 0.25) is 0 Å². The molecule has 212 valence electrons. The second-order valence-electron chi connectivity index (χ2n) is 10.6. The molecule has 2 aromatic rings. The number of anilines is 1. The summed E-state index contributed by atoms with van der Waals surface area (Å²) in [6.45, 7) is 5.80. The van der Waals surface area contributed by atoms with Gasteiger partial charge in [0.1, 0.15) is 18.5 Å². The van der Waals surface area contributed by atoms with Crippen LogP contribution in [0.25, 0.3) is 0 Å². The number of pyridine rings is 1. The average molecular weight is 559 g/mol. The number of ether oxygens (including phenoxy) is 3. The van der Waals surface area contributed by atoms with E-state index < -0.39 is 29.1 Å². The maximum atomic E-state index is 13.9. The Kier molecular flexibility index (Phi) is 6.37. The van der Waals surface area contributed by atoms with Crippen molar-refractivity contribution in [1.82, 2.24) is 20.5 Å². The Morgan fingerprint density at radius 1 is 1.27 bits per heavy atom. The van der Waals surface area contributed by atoms with Gasteiger partial charge in [-0.15, -0.1) is 0 Å². The van der Waals surface area contributed by atoms with E-state index in [1.54, 1.807) is 12.3 Å². The zero-order chi connectivity index (χ0) is 28.1. The second kappa shape index (κ2) is 9.66. The Balaban J connectivity index is 1.27. The fraction of sp³-hybridized carbons (Fsp3) is 0.444. The van der Waals surface area contributed by atoms with Gasteiger partial charge in [-0.1, -0.05) is 12.1 Å². The number of amides is 1. The van der Waals surface area contributed by atoms with Crippen molar-refractivity contribution in [3.05, 3.63) is 65.2 Å². The van der Waals surface area contributed by atoms with Crippen molar-refractivity contribution < 1.29 is 32.2 Å². The molecular weight excluding hydrogens is 529 g/mol. The standard InChI is InChI=1S/C27H29F3N6O4/c1-25(2)39-15-20(40-25)14-38-22-11-18(6-8-31-22)34-24(37)26(16-4-3-5-17(10-16)27(28,29)30)32-12-21-23(35-26)33-19-7-9-36(21)13-19/h3-6,8,10-12,19-20,33,35H,7,9,13-15H2,1-2H3,(H,31,34,37)/t19-,20+,26?/m0/s1. The number of hydrogen-bond donors (Lipinski definition) is 3. The van der Waals surface area contributed by atoms with Gasteiger partial charge in [-0.3, -0.25) is 4.79 Å². The molecule has 4 aliphatic heterocycles. The zero-order valence-electron chi connectivity index (χ0n) is 21.9. The highest BCUT2D eigenvalue weighted by atomic mass is 19.4. The van der Waals surface area contributed by atoms with Crippen LogP contribution < -0.4 is 20.7 Å². The van der Waals surface area contributed by atoms with Crippen LogP contribution in [0, 0.1) is 0 Å². The van der Waals surface area contributed by atoms with Gasteiger partial charge in [0.25, 0.3) is 5.91 Å². The smallest absolute Gasteiger partial charge is 0.416 e. The largest absolute Gasteiger partial charge is 0.475 e. The topological polar surface area (TPSA) is 109 Å². The van der Waals surface area contributed by atoms with E-state index in [0.717, 1.165) is 37.3 Å². The normalized spacial score (nSPS) is 26.7. The summed E-state index contributed by atoms with van der Waals surface area (Å²) in [5.41, 5.74) is -1.60. The summed E-state index contributed by atoms with van der Waals surface area (Å²) in [6, 6.07) is 7.88. The lowest BCUT2D eigenvalue weighted by molar-refractivity contribution is -0.141. The summed E-state index contributed by atoms with van der Waals surface area (Å²) in [7, 11) is 0. The number of allylic oxidation sites excluding steroid dienone is 1. The molecule has 1 amide bonds. The first kappa shape index (κ1) is 26.4. The molecule has 2 bridgehead atoms. The molecule has 10 nitrogen and oxygen atoms in total. The molecule has 1 unspecified atom stereocenters. The lowest BCUT2D eigenvalue weighted by atomic mass is 9.94. The molecule has 40 heavy (non-hydrogen) atoms. The number of alkyl halides is 3. The maximum absolute atomic E-state index is 13.9. The van der Waals surface area contributed by atoms with Gasteiger partial charge in [-0.05, 0) is 38.5 Å². The van der Waals surface area contributed by atoms with Crippen molar-refractivity contribution in [2.45, 2.75) is 50.0 Å². The Hall–Kier alpha value is -3.84. The molecule has 3 atom stereocenters. The minimum Gasteiger partial charge on any atom is -0.475 e. The third kappa shape index (κ3) is 5.06. The number of benzene rings is 1. The van der Waals surface area contributed by atoms with Gasteiger partial charge in [0, 0.05) is 42.6 Å². The summed E-state index contributed by atoms with van der Waals surface area (Å²) in [5.74, 6) is -0.572. The predicted octanol–water partition coefficient (Wildman–Crippen LogP) is 2.94. The molecule has 0 radical (unpaired) electrons. The lowest BCUT2D eigenvalue weighted by Crippen LogP contribution is -2.57. The second-order valence-corrected chi connectivity index (χ2v) is 10.6. The van der Waals surface area contributed by atoms with E-state index in [-0.39, 0.29) is 30.2 Å². The first-order valence-corrected chi connectivity index (χ1v) is 13.0. The number of aromatic nitrogens is 1. The average Bonchev–Trinajstić information content (AvgIpc) is 3.48. The molecule has 6 rings (SSSR count). The van der Waals surface area contributed by atoms with E-state index in [1.807, 2.05) is 13.8 Å². The fourth-order valence-corrected chi connectivity index (χ4v) is 5.28. The van der Waals surface area contributed by atoms with Crippen LogP contribution in [-0.4, -0.2) is 66.2 Å². The summed E-state index contributed by atoms with van der Waals surface area (Å²) in [4.78, 5) is 24.8. The van der Waals surface area contributed by atoms with E-state index in [2.05, 4.69) is 30.8 Å². The highest BCUT2D eigenvalue weighted by molar-refractivity contribution is 6.01. The minimum absolute atomic E-state index is 0.0453. The highest BCUT2D eigenvalue weighted by Gasteiger charge is 2.47. The van der Waals surface area contributed by atoms with Crippen LogP contribution in [0.5, 0.6) is 5.88 Å². The Labute approximate surface area is 228 Å². The molecule has 13 heteroatoms. The molecule has 5 heterocycles. The Bertz CT molecular complexity index is 1380. The third-order valence-corrected chi connectivity index (χ3v) is 7.23. The first-order valence-electron chi connectivity index (χ1n) is 13.0. The van der Waals surface area contributed by atoms with Crippen LogP contribution in [0.4, 0.5) is 18.9 Å². The van der Waals surface area contributed by atoms with Gasteiger partial charge in [0.15, 0.2) is 5.79 Å². The van der Waals surface area contributed by atoms with E-state index in [0.29, 0.717) is 18.1 Å². The number of nitrogens with one attached hydrogen (secondary N) is 3. The molecule has 1 aromatic carbocycles. The molecule has 1 aromatic heterocycles. The molecule has 3 N–H and O–H groups in total. The van der Waals surface area contributed by atoms with Crippen molar-refractivity contribution >= 4 is 17.8 Å². The summed E-state index contributed by atoms with van der Waals surface area (Å²) < 4.78 is 57.9. The first-order chi connectivity index (χ1) is 19.0. The molecule has 0 aliphatic carbocycles. The number of rotatable bonds is 6. The quantitative estimate of drug-likeness (QED) is 0.497. The van der Waals surface area contributed by atoms with E-state index >= 15 is 0 Å².